The smallest absolute Gasteiger partial charge is 0.418 e. The van der Waals surface area contributed by atoms with Crippen molar-refractivity contribution in [2.24, 2.45) is 0 Å². The molecule has 0 aliphatic heterocycles. The Morgan fingerprint density at radius 1 is 1.38 bits per heavy atom. The van der Waals surface area contributed by atoms with Gasteiger partial charge < -0.3 is 5.11 Å². The Balaban J connectivity index is 2.38. The van der Waals surface area contributed by atoms with Gasteiger partial charge in [0.1, 0.15) is 0 Å². The van der Waals surface area contributed by atoms with Crippen LogP contribution in [-0.2, 0) is 0 Å². The molecular formula is C13H13N3O4S. The molecule has 7 nitrogen and oxygen atoms in total. The second-order valence-electron chi connectivity index (χ2n) is 4.59. The third-order valence-electron chi connectivity index (χ3n) is 2.78. The van der Waals surface area contributed by atoms with Gasteiger partial charge in [-0.3, -0.25) is 10.1 Å². The number of nitro benzene ring substituents is 1. The second-order valence-corrected chi connectivity index (χ2v) is 5.63. The largest absolute Gasteiger partial charge is 0.464 e. The molecule has 0 bridgehead atoms. The number of thiazole rings is 1. The molecule has 0 aliphatic rings. The first-order valence-corrected chi connectivity index (χ1v) is 6.95. The average Bonchev–Trinajstić information content (AvgIpc) is 2.88. The molecule has 0 spiro atoms. The zero-order valence-electron chi connectivity index (χ0n) is 11.4. The van der Waals surface area contributed by atoms with Gasteiger partial charge >= 0.3 is 6.09 Å². The maximum atomic E-state index is 11.5. The predicted molar refractivity (Wildman–Crippen MR) is 79.5 cm³/mol. The van der Waals surface area contributed by atoms with Crippen molar-refractivity contribution in [1.29, 1.82) is 0 Å². The van der Waals surface area contributed by atoms with E-state index in [1.807, 2.05) is 13.8 Å². The van der Waals surface area contributed by atoms with Crippen molar-refractivity contribution in [3.8, 4) is 0 Å². The van der Waals surface area contributed by atoms with Gasteiger partial charge in [-0.1, -0.05) is 13.8 Å². The normalized spacial score (nSPS) is 10.6. The molecule has 0 atom stereocenters. The summed E-state index contributed by atoms with van der Waals surface area (Å²) >= 11 is 1.28. The van der Waals surface area contributed by atoms with Crippen molar-refractivity contribution in [2.75, 3.05) is 4.90 Å². The molecule has 110 valence electrons. The summed E-state index contributed by atoms with van der Waals surface area (Å²) in [6.07, 6.45) is 0.458. The summed E-state index contributed by atoms with van der Waals surface area (Å²) in [4.78, 5) is 27.7. The van der Waals surface area contributed by atoms with Gasteiger partial charge in [0, 0.05) is 23.2 Å². The van der Waals surface area contributed by atoms with Crippen molar-refractivity contribution >= 4 is 33.9 Å². The van der Waals surface area contributed by atoms with Crippen LogP contribution >= 0.6 is 11.3 Å². The molecule has 1 aromatic carbocycles. The minimum Gasteiger partial charge on any atom is -0.464 e. The Kier molecular flexibility index (Phi) is 4.18. The number of amides is 1. The first-order chi connectivity index (χ1) is 9.90. The van der Waals surface area contributed by atoms with E-state index in [0.29, 0.717) is 10.8 Å². The van der Waals surface area contributed by atoms with E-state index < -0.39 is 11.0 Å². The number of nitrogens with zero attached hydrogens (tertiary/aromatic N) is 3. The molecule has 21 heavy (non-hydrogen) atoms. The van der Waals surface area contributed by atoms with Crippen LogP contribution in [0.25, 0.3) is 0 Å². The fraction of sp³-hybridized carbons (Fsp3) is 0.231. The van der Waals surface area contributed by atoms with Crippen LogP contribution in [0.5, 0.6) is 0 Å². The van der Waals surface area contributed by atoms with E-state index in [9.17, 15) is 20.0 Å². The molecule has 1 amide bonds. The number of carboxylic acid groups (broad SMARTS) is 1. The van der Waals surface area contributed by atoms with Crippen LogP contribution in [0.15, 0.2) is 30.5 Å². The molecule has 2 rings (SSSR count). The van der Waals surface area contributed by atoms with E-state index in [2.05, 4.69) is 4.98 Å². The van der Waals surface area contributed by atoms with Crippen LogP contribution in [0.1, 0.15) is 24.6 Å². The maximum Gasteiger partial charge on any atom is 0.418 e. The van der Waals surface area contributed by atoms with Crippen molar-refractivity contribution in [3.05, 3.63) is 45.5 Å². The number of hydrogen-bond acceptors (Lipinski definition) is 5. The highest BCUT2D eigenvalue weighted by atomic mass is 32.1. The summed E-state index contributed by atoms with van der Waals surface area (Å²) < 4.78 is 0. The van der Waals surface area contributed by atoms with Gasteiger partial charge in [0.05, 0.1) is 10.6 Å². The summed E-state index contributed by atoms with van der Waals surface area (Å²) in [6.45, 7) is 3.99. The first kappa shape index (κ1) is 14.9. The number of hydrogen-bond donors (Lipinski definition) is 1. The van der Waals surface area contributed by atoms with Crippen LogP contribution in [-0.4, -0.2) is 21.1 Å². The van der Waals surface area contributed by atoms with E-state index in [0.717, 1.165) is 9.78 Å². The van der Waals surface area contributed by atoms with E-state index in [1.165, 1.54) is 35.6 Å². The average molecular weight is 307 g/mol. The molecular weight excluding hydrogens is 294 g/mol. The second kappa shape index (κ2) is 5.88. The molecule has 2 aromatic rings. The lowest BCUT2D eigenvalue weighted by Crippen LogP contribution is -2.23. The fourth-order valence-corrected chi connectivity index (χ4v) is 2.61. The summed E-state index contributed by atoms with van der Waals surface area (Å²) in [6, 6.07) is 5.32. The molecule has 1 heterocycles. The number of aromatic nitrogens is 1. The third kappa shape index (κ3) is 3.16. The molecule has 0 aliphatic carbocycles. The molecule has 0 saturated carbocycles. The summed E-state index contributed by atoms with van der Waals surface area (Å²) in [7, 11) is 0. The maximum absolute atomic E-state index is 11.5. The predicted octanol–water partition coefficient (Wildman–Crippen LogP) is 3.99. The molecule has 0 radical (unpaired) electrons. The Morgan fingerprint density at radius 2 is 2.00 bits per heavy atom. The van der Waals surface area contributed by atoms with E-state index >= 15 is 0 Å². The number of carbonyl (C=O) groups is 1. The van der Waals surface area contributed by atoms with Gasteiger partial charge in [-0.05, 0) is 18.1 Å². The lowest BCUT2D eigenvalue weighted by molar-refractivity contribution is -0.384. The monoisotopic (exact) mass is 307 g/mol. The van der Waals surface area contributed by atoms with E-state index in [4.69, 9.17) is 0 Å². The minimum atomic E-state index is -1.19. The minimum absolute atomic E-state index is 0.0916. The number of nitro groups is 1. The van der Waals surface area contributed by atoms with Crippen LogP contribution in [0, 0.1) is 10.1 Å². The molecule has 0 fully saturated rings. The number of rotatable bonds is 4. The lowest BCUT2D eigenvalue weighted by Gasteiger charge is -2.15. The van der Waals surface area contributed by atoms with Gasteiger partial charge in [-0.15, -0.1) is 11.3 Å². The summed E-state index contributed by atoms with van der Waals surface area (Å²) in [5, 5.41) is 20.3. The highest BCUT2D eigenvalue weighted by molar-refractivity contribution is 7.15. The Labute approximate surface area is 124 Å². The van der Waals surface area contributed by atoms with Crippen molar-refractivity contribution in [1.82, 2.24) is 4.98 Å². The Bertz CT molecular complexity index is 666. The number of anilines is 2. The highest BCUT2D eigenvalue weighted by Gasteiger charge is 2.21. The molecule has 8 heteroatoms. The standard InChI is InChI=1S/C13H13N3O4S/c1-8(2)11-7-14-12(21-11)15(13(17)18)9-3-5-10(6-4-9)16(19)20/h3-8H,1-2H3,(H,17,18). The van der Waals surface area contributed by atoms with Gasteiger partial charge in [-0.25, -0.2) is 14.7 Å². The zero-order chi connectivity index (χ0) is 15.6. The topological polar surface area (TPSA) is 96.6 Å². The summed E-state index contributed by atoms with van der Waals surface area (Å²) in [5.74, 6) is 0.253. The van der Waals surface area contributed by atoms with Crippen LogP contribution < -0.4 is 4.90 Å². The number of non-ortho nitro benzene ring substituents is 1. The van der Waals surface area contributed by atoms with Crippen molar-refractivity contribution in [3.63, 3.8) is 0 Å². The van der Waals surface area contributed by atoms with Gasteiger partial charge in [-0.2, -0.15) is 0 Å². The quantitative estimate of drug-likeness (QED) is 0.680. The summed E-state index contributed by atoms with van der Waals surface area (Å²) in [5.41, 5.74) is 0.226. The molecule has 1 aromatic heterocycles. The van der Waals surface area contributed by atoms with Crippen molar-refractivity contribution in [2.45, 2.75) is 19.8 Å². The van der Waals surface area contributed by atoms with Gasteiger partial charge in [0.25, 0.3) is 5.69 Å². The number of benzene rings is 1. The molecule has 0 unspecified atom stereocenters. The van der Waals surface area contributed by atoms with Crippen LogP contribution in [0.3, 0.4) is 0 Å². The Morgan fingerprint density at radius 3 is 2.43 bits per heavy atom. The first-order valence-electron chi connectivity index (χ1n) is 6.13. The van der Waals surface area contributed by atoms with E-state index in [-0.39, 0.29) is 11.6 Å². The van der Waals surface area contributed by atoms with Crippen LogP contribution in [0.2, 0.25) is 0 Å². The van der Waals surface area contributed by atoms with Gasteiger partial charge in [0.15, 0.2) is 5.13 Å². The molecule has 1 N–H and O–H groups in total. The Hall–Kier alpha value is -2.48. The third-order valence-corrected chi connectivity index (χ3v) is 4.06. The van der Waals surface area contributed by atoms with Gasteiger partial charge in [0.2, 0.25) is 0 Å². The van der Waals surface area contributed by atoms with Crippen LogP contribution in [0.4, 0.5) is 21.3 Å². The molecule has 0 saturated heterocycles. The van der Waals surface area contributed by atoms with Crippen molar-refractivity contribution < 1.29 is 14.8 Å². The fourth-order valence-electron chi connectivity index (χ4n) is 1.67. The SMILES string of the molecule is CC(C)c1cnc(N(C(=O)O)c2ccc([N+](=O)[O-])cc2)s1. The zero-order valence-corrected chi connectivity index (χ0v) is 12.2. The lowest BCUT2D eigenvalue weighted by atomic mass is 10.2. The highest BCUT2D eigenvalue weighted by Crippen LogP contribution is 2.33. The van der Waals surface area contributed by atoms with E-state index in [1.54, 1.807) is 6.20 Å².